The molecule has 0 radical (unpaired) electrons. The molecule has 4 heteroatoms. The lowest BCUT2D eigenvalue weighted by Crippen LogP contribution is -2.32. The van der Waals surface area contributed by atoms with Gasteiger partial charge >= 0.3 is 0 Å². The number of hydrogen-bond donors (Lipinski definition) is 2. The molecule has 0 aromatic heterocycles. The van der Waals surface area contributed by atoms with E-state index in [1.165, 1.54) is 0 Å². The summed E-state index contributed by atoms with van der Waals surface area (Å²) < 4.78 is 5.30. The zero-order valence-corrected chi connectivity index (χ0v) is 8.82. The number of ether oxygens (including phenoxy) is 1. The van der Waals surface area contributed by atoms with Crippen LogP contribution in [-0.2, 0) is 9.53 Å². The second kappa shape index (κ2) is 5.32. The Kier molecular flexibility index (Phi) is 4.35. The van der Waals surface area contributed by atoms with Gasteiger partial charge < -0.3 is 15.2 Å². The van der Waals surface area contributed by atoms with Gasteiger partial charge in [-0.05, 0) is 26.7 Å². The number of amides is 1. The maximum absolute atomic E-state index is 11.5. The first-order chi connectivity index (χ1) is 6.59. The molecule has 1 saturated heterocycles. The Morgan fingerprint density at radius 3 is 2.93 bits per heavy atom. The molecule has 0 bridgehead atoms. The zero-order chi connectivity index (χ0) is 10.6. The monoisotopic (exact) mass is 201 g/mol. The lowest BCUT2D eigenvalue weighted by Gasteiger charge is -2.10. The van der Waals surface area contributed by atoms with Gasteiger partial charge in [0, 0.05) is 6.54 Å². The summed E-state index contributed by atoms with van der Waals surface area (Å²) in [6.07, 6.45) is 1.26. The van der Waals surface area contributed by atoms with Crippen LogP contribution in [0, 0.1) is 5.92 Å². The van der Waals surface area contributed by atoms with E-state index in [1.807, 2.05) is 6.92 Å². The minimum Gasteiger partial charge on any atom is -0.393 e. The topological polar surface area (TPSA) is 58.6 Å². The van der Waals surface area contributed by atoms with Crippen molar-refractivity contribution < 1.29 is 14.6 Å². The van der Waals surface area contributed by atoms with Crippen LogP contribution in [0.25, 0.3) is 0 Å². The van der Waals surface area contributed by atoms with Crippen molar-refractivity contribution in [2.45, 2.75) is 38.9 Å². The Morgan fingerprint density at radius 2 is 2.43 bits per heavy atom. The Bertz CT molecular complexity index is 194. The van der Waals surface area contributed by atoms with Gasteiger partial charge in [-0.25, -0.2) is 0 Å². The van der Waals surface area contributed by atoms with Crippen LogP contribution in [-0.4, -0.2) is 36.4 Å². The molecule has 14 heavy (non-hydrogen) atoms. The van der Waals surface area contributed by atoms with E-state index in [0.717, 1.165) is 6.42 Å². The fourth-order valence-corrected chi connectivity index (χ4v) is 1.55. The molecule has 3 unspecified atom stereocenters. The summed E-state index contributed by atoms with van der Waals surface area (Å²) in [6, 6.07) is 0. The second-order valence-corrected chi connectivity index (χ2v) is 4.01. The minimum absolute atomic E-state index is 0.000927. The van der Waals surface area contributed by atoms with Gasteiger partial charge in [-0.3, -0.25) is 4.79 Å². The van der Waals surface area contributed by atoms with E-state index >= 15 is 0 Å². The standard InChI is InChI=1S/C10H19NO3/c1-7(12)3-4-11-10(13)9-5-8(2)14-6-9/h7-9,12H,3-6H2,1-2H3,(H,11,13). The van der Waals surface area contributed by atoms with Gasteiger partial charge in [0.2, 0.25) is 5.91 Å². The molecule has 82 valence electrons. The Labute approximate surface area is 84.6 Å². The first kappa shape index (κ1) is 11.5. The lowest BCUT2D eigenvalue weighted by atomic mass is 10.1. The molecule has 1 rings (SSSR count). The molecular weight excluding hydrogens is 182 g/mol. The van der Waals surface area contributed by atoms with Crippen molar-refractivity contribution in [1.29, 1.82) is 0 Å². The first-order valence-corrected chi connectivity index (χ1v) is 5.17. The fraction of sp³-hybridized carbons (Fsp3) is 0.900. The van der Waals surface area contributed by atoms with E-state index in [2.05, 4.69) is 5.32 Å². The SMILES string of the molecule is CC(O)CCNC(=O)C1COC(C)C1. The molecule has 3 atom stereocenters. The van der Waals surface area contributed by atoms with Crippen molar-refractivity contribution in [2.24, 2.45) is 5.92 Å². The molecule has 0 spiro atoms. The average molecular weight is 201 g/mol. The summed E-state index contributed by atoms with van der Waals surface area (Å²) in [5, 5.41) is 11.8. The Balaban J connectivity index is 2.15. The molecule has 0 saturated carbocycles. The van der Waals surface area contributed by atoms with E-state index in [4.69, 9.17) is 9.84 Å². The highest BCUT2D eigenvalue weighted by Gasteiger charge is 2.27. The smallest absolute Gasteiger partial charge is 0.225 e. The number of carbonyl (C=O) groups is 1. The molecule has 0 aromatic carbocycles. The molecule has 1 aliphatic heterocycles. The van der Waals surface area contributed by atoms with Gasteiger partial charge in [0.15, 0.2) is 0 Å². The average Bonchev–Trinajstić information content (AvgIpc) is 2.51. The van der Waals surface area contributed by atoms with Gasteiger partial charge in [0.1, 0.15) is 0 Å². The largest absolute Gasteiger partial charge is 0.393 e. The minimum atomic E-state index is -0.353. The van der Waals surface area contributed by atoms with Crippen LogP contribution in [0.1, 0.15) is 26.7 Å². The highest BCUT2D eigenvalue weighted by atomic mass is 16.5. The third kappa shape index (κ3) is 3.64. The summed E-state index contributed by atoms with van der Waals surface area (Å²) in [6.45, 7) is 4.76. The number of aliphatic hydroxyl groups excluding tert-OH is 1. The maximum Gasteiger partial charge on any atom is 0.225 e. The lowest BCUT2D eigenvalue weighted by molar-refractivity contribution is -0.125. The third-order valence-corrected chi connectivity index (χ3v) is 2.43. The molecule has 1 amide bonds. The molecule has 1 aliphatic rings. The van der Waals surface area contributed by atoms with Gasteiger partial charge in [0.05, 0.1) is 24.7 Å². The summed E-state index contributed by atoms with van der Waals surface area (Å²) in [4.78, 5) is 11.5. The van der Waals surface area contributed by atoms with E-state index in [-0.39, 0.29) is 24.0 Å². The number of nitrogens with one attached hydrogen (secondary N) is 1. The van der Waals surface area contributed by atoms with Crippen LogP contribution in [0.2, 0.25) is 0 Å². The zero-order valence-electron chi connectivity index (χ0n) is 8.82. The number of hydrogen-bond acceptors (Lipinski definition) is 3. The molecule has 2 N–H and O–H groups in total. The number of carbonyl (C=O) groups excluding carboxylic acids is 1. The molecule has 4 nitrogen and oxygen atoms in total. The fourth-order valence-electron chi connectivity index (χ4n) is 1.55. The highest BCUT2D eigenvalue weighted by molar-refractivity contribution is 5.79. The van der Waals surface area contributed by atoms with E-state index in [1.54, 1.807) is 6.92 Å². The Morgan fingerprint density at radius 1 is 1.71 bits per heavy atom. The van der Waals surface area contributed by atoms with Crippen molar-refractivity contribution in [3.8, 4) is 0 Å². The molecule has 0 aliphatic carbocycles. The van der Waals surface area contributed by atoms with E-state index < -0.39 is 0 Å². The summed E-state index contributed by atoms with van der Waals surface area (Å²) in [7, 11) is 0. The van der Waals surface area contributed by atoms with Crippen LogP contribution in [0.3, 0.4) is 0 Å². The number of rotatable bonds is 4. The van der Waals surface area contributed by atoms with Gasteiger partial charge in [-0.2, -0.15) is 0 Å². The van der Waals surface area contributed by atoms with Crippen LogP contribution >= 0.6 is 0 Å². The van der Waals surface area contributed by atoms with Gasteiger partial charge in [-0.15, -0.1) is 0 Å². The highest BCUT2D eigenvalue weighted by Crippen LogP contribution is 2.18. The van der Waals surface area contributed by atoms with Crippen LogP contribution < -0.4 is 5.32 Å². The predicted molar refractivity (Wildman–Crippen MR) is 52.8 cm³/mol. The second-order valence-electron chi connectivity index (χ2n) is 4.01. The Hall–Kier alpha value is -0.610. The predicted octanol–water partition coefficient (Wildman–Crippen LogP) is 0.298. The third-order valence-electron chi connectivity index (χ3n) is 2.43. The van der Waals surface area contributed by atoms with Gasteiger partial charge in [-0.1, -0.05) is 0 Å². The van der Waals surface area contributed by atoms with Crippen LogP contribution in [0.15, 0.2) is 0 Å². The van der Waals surface area contributed by atoms with Crippen molar-refractivity contribution >= 4 is 5.91 Å². The summed E-state index contributed by atoms with van der Waals surface area (Å²) in [5.74, 6) is 0.0500. The van der Waals surface area contributed by atoms with Crippen LogP contribution in [0.5, 0.6) is 0 Å². The molecule has 0 aromatic rings. The summed E-state index contributed by atoms with van der Waals surface area (Å²) in [5.41, 5.74) is 0. The van der Waals surface area contributed by atoms with Crippen molar-refractivity contribution in [3.05, 3.63) is 0 Å². The van der Waals surface area contributed by atoms with Crippen molar-refractivity contribution in [1.82, 2.24) is 5.32 Å². The quantitative estimate of drug-likeness (QED) is 0.687. The number of aliphatic hydroxyl groups is 1. The summed E-state index contributed by atoms with van der Waals surface area (Å²) >= 11 is 0. The van der Waals surface area contributed by atoms with E-state index in [0.29, 0.717) is 19.6 Å². The molecule has 1 heterocycles. The molecule has 1 fully saturated rings. The van der Waals surface area contributed by atoms with Crippen molar-refractivity contribution in [3.63, 3.8) is 0 Å². The maximum atomic E-state index is 11.5. The van der Waals surface area contributed by atoms with Crippen molar-refractivity contribution in [2.75, 3.05) is 13.2 Å². The first-order valence-electron chi connectivity index (χ1n) is 5.17. The normalized spacial score (nSPS) is 28.8. The molecular formula is C10H19NO3. The van der Waals surface area contributed by atoms with E-state index in [9.17, 15) is 4.79 Å². The van der Waals surface area contributed by atoms with Crippen LogP contribution in [0.4, 0.5) is 0 Å². The van der Waals surface area contributed by atoms with Gasteiger partial charge in [0.25, 0.3) is 0 Å².